The van der Waals surface area contributed by atoms with Crippen LogP contribution in [0.5, 0.6) is 0 Å². The SMILES string of the molecule is O=C(Nc1ccccc1C(=O)NCc1cccs1)c1ccco1. The van der Waals surface area contributed by atoms with Gasteiger partial charge in [-0.2, -0.15) is 0 Å². The minimum Gasteiger partial charge on any atom is -0.459 e. The zero-order valence-corrected chi connectivity index (χ0v) is 12.9. The van der Waals surface area contributed by atoms with Gasteiger partial charge in [-0.15, -0.1) is 11.3 Å². The van der Waals surface area contributed by atoms with Crippen LogP contribution in [-0.2, 0) is 6.54 Å². The Labute approximate surface area is 136 Å². The van der Waals surface area contributed by atoms with Crippen LogP contribution in [0.1, 0.15) is 25.8 Å². The van der Waals surface area contributed by atoms with Gasteiger partial charge < -0.3 is 15.1 Å². The molecule has 116 valence electrons. The molecule has 0 radical (unpaired) electrons. The summed E-state index contributed by atoms with van der Waals surface area (Å²) < 4.78 is 5.05. The Bertz CT molecular complexity index is 795. The summed E-state index contributed by atoms with van der Waals surface area (Å²) in [4.78, 5) is 25.5. The average Bonchev–Trinajstić information content (AvgIpc) is 3.26. The number of rotatable bonds is 5. The fraction of sp³-hybridized carbons (Fsp3) is 0.0588. The van der Waals surface area contributed by atoms with Crippen molar-refractivity contribution in [1.29, 1.82) is 0 Å². The van der Waals surface area contributed by atoms with Crippen molar-refractivity contribution in [3.8, 4) is 0 Å². The maximum absolute atomic E-state index is 12.3. The molecule has 0 bridgehead atoms. The molecule has 3 aromatic rings. The quantitative estimate of drug-likeness (QED) is 0.753. The minimum atomic E-state index is -0.395. The number of furan rings is 1. The van der Waals surface area contributed by atoms with Crippen molar-refractivity contribution in [3.63, 3.8) is 0 Å². The summed E-state index contributed by atoms with van der Waals surface area (Å²) in [6.45, 7) is 0.455. The van der Waals surface area contributed by atoms with Gasteiger partial charge in [0.15, 0.2) is 5.76 Å². The van der Waals surface area contributed by atoms with Crippen molar-refractivity contribution >= 4 is 28.8 Å². The summed E-state index contributed by atoms with van der Waals surface area (Å²) >= 11 is 1.58. The molecule has 5 nitrogen and oxygen atoms in total. The number of anilines is 1. The summed E-state index contributed by atoms with van der Waals surface area (Å²) in [5, 5.41) is 7.50. The van der Waals surface area contributed by atoms with Gasteiger partial charge in [0.25, 0.3) is 11.8 Å². The molecule has 23 heavy (non-hydrogen) atoms. The molecule has 0 saturated heterocycles. The Morgan fingerprint density at radius 3 is 2.61 bits per heavy atom. The Balaban J connectivity index is 1.72. The second kappa shape index (κ2) is 6.93. The van der Waals surface area contributed by atoms with Gasteiger partial charge in [-0.3, -0.25) is 9.59 Å². The van der Waals surface area contributed by atoms with Crippen LogP contribution in [0.2, 0.25) is 0 Å². The van der Waals surface area contributed by atoms with E-state index in [2.05, 4.69) is 10.6 Å². The van der Waals surface area contributed by atoms with Gasteiger partial charge in [0.2, 0.25) is 0 Å². The van der Waals surface area contributed by atoms with Gasteiger partial charge >= 0.3 is 0 Å². The van der Waals surface area contributed by atoms with Crippen molar-refractivity contribution < 1.29 is 14.0 Å². The van der Waals surface area contributed by atoms with Gasteiger partial charge in [-0.25, -0.2) is 0 Å². The fourth-order valence-corrected chi connectivity index (χ4v) is 2.70. The van der Waals surface area contributed by atoms with E-state index in [0.29, 0.717) is 17.8 Å². The van der Waals surface area contributed by atoms with E-state index in [1.807, 2.05) is 17.5 Å². The highest BCUT2D eigenvalue weighted by Crippen LogP contribution is 2.17. The molecule has 2 heterocycles. The van der Waals surface area contributed by atoms with Crippen molar-refractivity contribution in [3.05, 3.63) is 76.4 Å². The van der Waals surface area contributed by atoms with Crippen LogP contribution in [0.25, 0.3) is 0 Å². The maximum Gasteiger partial charge on any atom is 0.291 e. The molecule has 0 aliphatic heterocycles. The molecule has 0 aliphatic rings. The third-order valence-electron chi connectivity index (χ3n) is 3.17. The van der Waals surface area contributed by atoms with E-state index in [1.165, 1.54) is 6.26 Å². The molecular formula is C17H14N2O3S. The van der Waals surface area contributed by atoms with Crippen LogP contribution in [0.4, 0.5) is 5.69 Å². The van der Waals surface area contributed by atoms with Crippen LogP contribution < -0.4 is 10.6 Å². The first-order valence-corrected chi connectivity index (χ1v) is 7.86. The monoisotopic (exact) mass is 326 g/mol. The van der Waals surface area contributed by atoms with E-state index < -0.39 is 5.91 Å². The molecule has 6 heteroatoms. The average molecular weight is 326 g/mol. The maximum atomic E-state index is 12.3. The third kappa shape index (κ3) is 3.67. The van der Waals surface area contributed by atoms with E-state index in [-0.39, 0.29) is 11.7 Å². The first-order valence-electron chi connectivity index (χ1n) is 6.98. The first kappa shape index (κ1) is 15.1. The van der Waals surface area contributed by atoms with Crippen LogP contribution >= 0.6 is 11.3 Å². The number of thiophene rings is 1. The molecule has 2 N–H and O–H groups in total. The number of hydrogen-bond donors (Lipinski definition) is 2. The molecule has 2 amide bonds. The Kier molecular flexibility index (Phi) is 4.54. The van der Waals surface area contributed by atoms with E-state index in [4.69, 9.17) is 4.42 Å². The van der Waals surface area contributed by atoms with Gasteiger partial charge in [0.05, 0.1) is 24.1 Å². The third-order valence-corrected chi connectivity index (χ3v) is 4.04. The van der Waals surface area contributed by atoms with Crippen LogP contribution in [-0.4, -0.2) is 11.8 Å². The van der Waals surface area contributed by atoms with Crippen molar-refractivity contribution in [1.82, 2.24) is 5.32 Å². The predicted molar refractivity (Wildman–Crippen MR) is 88.6 cm³/mol. The zero-order valence-electron chi connectivity index (χ0n) is 12.1. The molecule has 3 rings (SSSR count). The summed E-state index contributed by atoms with van der Waals surface area (Å²) in [5.74, 6) is -0.443. The predicted octanol–water partition coefficient (Wildman–Crippen LogP) is 3.52. The van der Waals surface area contributed by atoms with Gasteiger partial charge in [0, 0.05) is 4.88 Å². The molecule has 2 aromatic heterocycles. The lowest BCUT2D eigenvalue weighted by Gasteiger charge is -2.10. The normalized spacial score (nSPS) is 10.3. The lowest BCUT2D eigenvalue weighted by atomic mass is 10.1. The number of carbonyl (C=O) groups is 2. The Hall–Kier alpha value is -2.86. The van der Waals surface area contributed by atoms with Crippen molar-refractivity contribution in [2.45, 2.75) is 6.54 Å². The number of benzene rings is 1. The first-order chi connectivity index (χ1) is 11.2. The summed E-state index contributed by atoms with van der Waals surface area (Å²) in [7, 11) is 0. The molecule has 0 unspecified atom stereocenters. The second-order valence-electron chi connectivity index (χ2n) is 4.74. The van der Waals surface area contributed by atoms with E-state index >= 15 is 0 Å². The molecule has 0 spiro atoms. The second-order valence-corrected chi connectivity index (χ2v) is 5.77. The zero-order chi connectivity index (χ0) is 16.1. The number of nitrogens with one attached hydrogen (secondary N) is 2. The molecule has 0 aliphatic carbocycles. The van der Waals surface area contributed by atoms with Gasteiger partial charge in [-0.1, -0.05) is 18.2 Å². The Morgan fingerprint density at radius 2 is 1.87 bits per heavy atom. The van der Waals surface area contributed by atoms with Gasteiger partial charge in [0.1, 0.15) is 0 Å². The summed E-state index contributed by atoms with van der Waals surface area (Å²) in [6, 6.07) is 13.9. The van der Waals surface area contributed by atoms with E-state index in [9.17, 15) is 9.59 Å². The van der Waals surface area contributed by atoms with Crippen molar-refractivity contribution in [2.75, 3.05) is 5.32 Å². The van der Waals surface area contributed by atoms with Crippen molar-refractivity contribution in [2.24, 2.45) is 0 Å². The standard InChI is InChI=1S/C17H14N2O3S/c20-16(18-11-12-5-4-10-23-12)13-6-1-2-7-14(13)19-17(21)15-8-3-9-22-15/h1-10H,11H2,(H,18,20)(H,19,21). The molecule has 0 saturated carbocycles. The number of hydrogen-bond acceptors (Lipinski definition) is 4. The number of para-hydroxylation sites is 1. The van der Waals surface area contributed by atoms with Crippen LogP contribution in [0.3, 0.4) is 0 Å². The van der Waals surface area contributed by atoms with E-state index in [0.717, 1.165) is 4.88 Å². The minimum absolute atomic E-state index is 0.193. The summed E-state index contributed by atoms with van der Waals surface area (Å²) in [6.07, 6.45) is 1.43. The van der Waals surface area contributed by atoms with Crippen LogP contribution in [0, 0.1) is 0 Å². The highest BCUT2D eigenvalue weighted by atomic mass is 32.1. The lowest BCUT2D eigenvalue weighted by Crippen LogP contribution is -2.24. The van der Waals surface area contributed by atoms with Crippen LogP contribution in [0.15, 0.2) is 64.6 Å². The fourth-order valence-electron chi connectivity index (χ4n) is 2.06. The number of amides is 2. The Morgan fingerprint density at radius 1 is 1.00 bits per heavy atom. The largest absolute Gasteiger partial charge is 0.459 e. The van der Waals surface area contributed by atoms with Gasteiger partial charge in [-0.05, 0) is 35.7 Å². The summed E-state index contributed by atoms with van der Waals surface area (Å²) in [5.41, 5.74) is 0.849. The highest BCUT2D eigenvalue weighted by Gasteiger charge is 2.15. The topological polar surface area (TPSA) is 71.3 Å². The number of carbonyl (C=O) groups excluding carboxylic acids is 2. The highest BCUT2D eigenvalue weighted by molar-refractivity contribution is 7.09. The lowest BCUT2D eigenvalue weighted by molar-refractivity contribution is 0.0952. The molecule has 0 atom stereocenters. The van der Waals surface area contributed by atoms with E-state index in [1.54, 1.807) is 47.7 Å². The smallest absolute Gasteiger partial charge is 0.291 e. The molecule has 1 aromatic carbocycles. The molecule has 0 fully saturated rings. The molecular weight excluding hydrogens is 312 g/mol.